The van der Waals surface area contributed by atoms with Gasteiger partial charge in [-0.05, 0) is 52.6 Å². The van der Waals surface area contributed by atoms with Crippen LogP contribution in [0, 0.1) is 0 Å². The predicted octanol–water partition coefficient (Wildman–Crippen LogP) is 15.2. The topological polar surface area (TPSA) is 51.6 Å². The first kappa shape index (κ1) is 34.6. The Morgan fingerprint density at radius 2 is 0.833 bits per heavy atom. The first-order chi connectivity index (χ1) is 29.7. The van der Waals surface area contributed by atoms with Crippen molar-refractivity contribution in [2.45, 2.75) is 0 Å². The molecule has 0 bridgehead atoms. The molecule has 4 heterocycles. The average molecular weight is 801 g/mol. The minimum atomic E-state index is 0.620. The monoisotopic (exact) mass is 800 g/mol. The van der Waals surface area contributed by atoms with Crippen molar-refractivity contribution in [3.05, 3.63) is 194 Å². The van der Waals surface area contributed by atoms with Crippen LogP contribution in [-0.4, -0.2) is 19.9 Å². The molecule has 6 heteroatoms. The van der Waals surface area contributed by atoms with E-state index in [-0.39, 0.29) is 0 Å². The molecule has 4 aromatic heterocycles. The van der Waals surface area contributed by atoms with Crippen LogP contribution in [0.25, 0.3) is 119 Å². The van der Waals surface area contributed by atoms with E-state index < -0.39 is 0 Å². The minimum absolute atomic E-state index is 0.620. The van der Waals surface area contributed by atoms with Gasteiger partial charge in [0.1, 0.15) is 0 Å². The Morgan fingerprint density at radius 3 is 1.60 bits per heavy atom. The molecule has 0 N–H and O–H groups in total. The van der Waals surface area contributed by atoms with E-state index >= 15 is 0 Å². The summed E-state index contributed by atoms with van der Waals surface area (Å²) in [7, 11) is 0. The molecule has 0 spiro atoms. The third-order valence-electron chi connectivity index (χ3n) is 11.3. The molecule has 0 aliphatic rings. The number of benzene rings is 8. The summed E-state index contributed by atoms with van der Waals surface area (Å²) in [5, 5.41) is 6.24. The Kier molecular flexibility index (Phi) is 8.18. The van der Waals surface area contributed by atoms with Crippen LogP contribution in [0.5, 0.6) is 0 Å². The number of thiophene rings is 2. The van der Waals surface area contributed by atoms with Crippen molar-refractivity contribution >= 4 is 73.9 Å². The van der Waals surface area contributed by atoms with E-state index in [1.54, 1.807) is 11.3 Å². The van der Waals surface area contributed by atoms with Crippen molar-refractivity contribution < 1.29 is 0 Å². The average Bonchev–Trinajstić information content (AvgIpc) is 3.91. The van der Waals surface area contributed by atoms with Gasteiger partial charge < -0.3 is 0 Å². The number of pyridine rings is 1. The Morgan fingerprint density at radius 1 is 0.300 bits per heavy atom. The maximum Gasteiger partial charge on any atom is 0.164 e. The van der Waals surface area contributed by atoms with Gasteiger partial charge in [-0.15, -0.1) is 22.7 Å². The molecule has 0 aliphatic heterocycles. The van der Waals surface area contributed by atoms with Gasteiger partial charge in [0.05, 0.1) is 15.9 Å². The molecule has 8 aromatic carbocycles. The highest BCUT2D eigenvalue weighted by Gasteiger charge is 2.19. The lowest BCUT2D eigenvalue weighted by molar-refractivity contribution is 1.07. The van der Waals surface area contributed by atoms with E-state index in [9.17, 15) is 0 Å². The predicted molar refractivity (Wildman–Crippen MR) is 254 cm³/mol. The van der Waals surface area contributed by atoms with Gasteiger partial charge in [-0.25, -0.2) is 19.9 Å². The molecule has 0 saturated carbocycles. The summed E-state index contributed by atoms with van der Waals surface area (Å²) in [6.45, 7) is 0. The maximum absolute atomic E-state index is 5.35. The number of aromatic nitrogens is 4. The lowest BCUT2D eigenvalue weighted by Gasteiger charge is -2.11. The summed E-state index contributed by atoms with van der Waals surface area (Å²) in [5.41, 5.74) is 10.5. The molecule has 4 nitrogen and oxygen atoms in total. The number of hydrogen-bond donors (Lipinski definition) is 0. The summed E-state index contributed by atoms with van der Waals surface area (Å²) in [6, 6.07) is 68.4. The second-order valence-corrected chi connectivity index (χ2v) is 17.1. The number of nitrogens with zero attached hydrogens (tertiary/aromatic N) is 4. The summed E-state index contributed by atoms with van der Waals surface area (Å²) >= 11 is 3.65. The molecule has 0 aliphatic carbocycles. The van der Waals surface area contributed by atoms with Gasteiger partial charge in [0, 0.05) is 63.3 Å². The Hall–Kier alpha value is -7.38. The lowest BCUT2D eigenvalue weighted by atomic mass is 9.98. The van der Waals surface area contributed by atoms with Gasteiger partial charge in [0.25, 0.3) is 0 Å². The normalized spacial score (nSPS) is 11.7. The zero-order chi connectivity index (χ0) is 39.6. The molecule has 0 radical (unpaired) electrons. The van der Waals surface area contributed by atoms with Crippen LogP contribution < -0.4 is 0 Å². The molecule has 60 heavy (non-hydrogen) atoms. The van der Waals surface area contributed by atoms with Crippen molar-refractivity contribution in [3.8, 4) is 67.7 Å². The molecule has 0 fully saturated rings. The highest BCUT2D eigenvalue weighted by Crippen LogP contribution is 2.44. The Bertz CT molecular complexity index is 3590. The quantitative estimate of drug-likeness (QED) is 0.168. The fraction of sp³-hybridized carbons (Fsp3) is 0. The van der Waals surface area contributed by atoms with Crippen molar-refractivity contribution in [1.29, 1.82) is 0 Å². The molecule has 0 amide bonds. The SMILES string of the molecule is c1ccc(-c2ccc3nc(-c4ccc(-c5nc(-c6ccccc6)nc(-c6cccc(-c7cccc8c7sc7ccccc78)c6)n5)cc4)c4sc5ccccc5c4c3c2)cc1. The van der Waals surface area contributed by atoms with Crippen molar-refractivity contribution in [2.24, 2.45) is 0 Å². The molecule has 0 unspecified atom stereocenters. The molecule has 12 aromatic rings. The number of fused-ring (bicyclic) bond motifs is 8. The fourth-order valence-corrected chi connectivity index (χ4v) is 10.9. The first-order valence-electron chi connectivity index (χ1n) is 20.0. The van der Waals surface area contributed by atoms with Crippen LogP contribution in [0.15, 0.2) is 194 Å². The first-order valence-corrected chi connectivity index (χ1v) is 21.6. The van der Waals surface area contributed by atoms with Gasteiger partial charge in [-0.1, -0.05) is 164 Å². The highest BCUT2D eigenvalue weighted by atomic mass is 32.1. The lowest BCUT2D eigenvalue weighted by Crippen LogP contribution is -2.00. The number of hydrogen-bond acceptors (Lipinski definition) is 6. The van der Waals surface area contributed by atoms with E-state index in [0.717, 1.165) is 39.0 Å². The zero-order valence-corrected chi connectivity index (χ0v) is 33.7. The number of rotatable bonds is 6. The molecule has 0 atom stereocenters. The van der Waals surface area contributed by atoms with E-state index in [2.05, 4.69) is 176 Å². The maximum atomic E-state index is 5.35. The summed E-state index contributed by atoms with van der Waals surface area (Å²) in [6.07, 6.45) is 0. The van der Waals surface area contributed by atoms with Gasteiger partial charge in [-0.2, -0.15) is 0 Å². The highest BCUT2D eigenvalue weighted by molar-refractivity contribution is 7.26. The van der Waals surface area contributed by atoms with Crippen LogP contribution >= 0.6 is 22.7 Å². The van der Waals surface area contributed by atoms with E-state index in [4.69, 9.17) is 19.9 Å². The fourth-order valence-electron chi connectivity index (χ4n) is 8.42. The molecule has 280 valence electrons. The van der Waals surface area contributed by atoms with E-state index in [1.165, 1.54) is 62.4 Å². The van der Waals surface area contributed by atoms with E-state index in [0.29, 0.717) is 17.5 Å². The second-order valence-electron chi connectivity index (χ2n) is 15.0. The summed E-state index contributed by atoms with van der Waals surface area (Å²) in [5.74, 6) is 1.88. The molecule has 12 rings (SSSR count). The third kappa shape index (κ3) is 5.88. The third-order valence-corrected chi connectivity index (χ3v) is 13.7. The van der Waals surface area contributed by atoms with Crippen LogP contribution in [0.4, 0.5) is 0 Å². The van der Waals surface area contributed by atoms with Gasteiger partial charge in [0.2, 0.25) is 0 Å². The molecular weight excluding hydrogens is 769 g/mol. The summed E-state index contributed by atoms with van der Waals surface area (Å²) in [4.78, 5) is 20.6. The van der Waals surface area contributed by atoms with Gasteiger partial charge in [0.15, 0.2) is 17.5 Å². The Balaban J connectivity index is 0.972. The smallest absolute Gasteiger partial charge is 0.164 e. The largest absolute Gasteiger partial charge is 0.246 e. The summed E-state index contributed by atoms with van der Waals surface area (Å²) < 4.78 is 5.00. The van der Waals surface area contributed by atoms with Crippen molar-refractivity contribution in [1.82, 2.24) is 19.9 Å². The second kappa shape index (κ2) is 14.2. The van der Waals surface area contributed by atoms with Crippen LogP contribution in [0.1, 0.15) is 0 Å². The van der Waals surface area contributed by atoms with Crippen LogP contribution in [-0.2, 0) is 0 Å². The van der Waals surface area contributed by atoms with Crippen molar-refractivity contribution in [3.63, 3.8) is 0 Å². The zero-order valence-electron chi connectivity index (χ0n) is 32.1. The minimum Gasteiger partial charge on any atom is -0.246 e. The van der Waals surface area contributed by atoms with Crippen LogP contribution in [0.3, 0.4) is 0 Å². The molecular formula is C54H32N4S2. The Labute approximate surface area is 353 Å². The van der Waals surface area contributed by atoms with Gasteiger partial charge in [-0.3, -0.25) is 0 Å². The van der Waals surface area contributed by atoms with Crippen molar-refractivity contribution in [2.75, 3.05) is 0 Å². The van der Waals surface area contributed by atoms with E-state index in [1.807, 2.05) is 29.5 Å². The van der Waals surface area contributed by atoms with Crippen LogP contribution in [0.2, 0.25) is 0 Å². The molecule has 0 saturated heterocycles. The standard InChI is InChI=1S/C54H32N4S2/c1-3-13-33(14-4-1)37-29-30-45-44(32-37)48-43-20-8-10-24-47(43)60-51(48)49(55-45)34-25-27-36(28-26-34)53-56-52(35-15-5-2-6-16-35)57-54(58-53)39-18-11-17-38(31-39)40-21-12-22-42-41-19-7-9-23-46(41)59-50(40)42/h1-32H. The van der Waals surface area contributed by atoms with Gasteiger partial charge >= 0.3 is 0 Å².